The molecule has 0 bridgehead atoms. The third-order valence-corrected chi connectivity index (χ3v) is 4.73. The van der Waals surface area contributed by atoms with E-state index in [-0.39, 0.29) is 11.5 Å². The summed E-state index contributed by atoms with van der Waals surface area (Å²) in [6.45, 7) is 0.952. The number of anilines is 2. The summed E-state index contributed by atoms with van der Waals surface area (Å²) in [7, 11) is 4.85. The Morgan fingerprint density at radius 2 is 1.43 bits per heavy atom. The summed E-state index contributed by atoms with van der Waals surface area (Å²) in [6.07, 6.45) is 1.57. The lowest BCUT2D eigenvalue weighted by molar-refractivity contribution is -0.383. The van der Waals surface area contributed by atoms with Gasteiger partial charge in [-0.05, 0) is 41.5 Å². The van der Waals surface area contributed by atoms with Gasteiger partial charge in [-0.15, -0.1) is 0 Å². The van der Waals surface area contributed by atoms with Crippen molar-refractivity contribution < 1.29 is 14.4 Å². The number of rotatable bonds is 9. The molecule has 30 heavy (non-hydrogen) atoms. The van der Waals surface area contributed by atoms with Crippen molar-refractivity contribution in [1.82, 2.24) is 4.98 Å². The number of hydrogen-bond donors (Lipinski definition) is 1. The molecule has 0 fully saturated rings. The number of aromatic nitrogens is 1. The Hall–Kier alpha value is -3.81. The maximum atomic E-state index is 11.8. The molecule has 1 aromatic heterocycles. The van der Waals surface area contributed by atoms with Gasteiger partial charge in [0.15, 0.2) is 0 Å². The van der Waals surface area contributed by atoms with Crippen LogP contribution in [-0.4, -0.2) is 31.2 Å². The Morgan fingerprint density at radius 1 is 0.933 bits per heavy atom. The molecule has 0 aliphatic carbocycles. The van der Waals surface area contributed by atoms with E-state index in [2.05, 4.69) is 10.3 Å². The van der Waals surface area contributed by atoms with Crippen molar-refractivity contribution in [3.63, 3.8) is 0 Å². The first-order chi connectivity index (χ1) is 14.5. The quantitative estimate of drug-likeness (QED) is 0.418. The van der Waals surface area contributed by atoms with Crippen LogP contribution in [0.1, 0.15) is 11.1 Å². The Labute approximate surface area is 175 Å². The molecule has 0 spiro atoms. The molecular formula is C22H24N4O4. The van der Waals surface area contributed by atoms with Crippen LogP contribution < -0.4 is 19.7 Å². The topological polar surface area (TPSA) is 89.8 Å². The second kappa shape index (κ2) is 9.60. The third kappa shape index (κ3) is 4.78. The van der Waals surface area contributed by atoms with Gasteiger partial charge < -0.3 is 19.7 Å². The molecule has 0 aliphatic heterocycles. The fourth-order valence-electron chi connectivity index (χ4n) is 3.19. The predicted molar refractivity (Wildman–Crippen MR) is 116 cm³/mol. The second-order valence-electron chi connectivity index (χ2n) is 6.59. The molecule has 3 aromatic rings. The van der Waals surface area contributed by atoms with E-state index >= 15 is 0 Å². The average Bonchev–Trinajstić information content (AvgIpc) is 2.79. The van der Waals surface area contributed by atoms with Crippen LogP contribution in [0.2, 0.25) is 0 Å². The minimum absolute atomic E-state index is 0.0537. The van der Waals surface area contributed by atoms with E-state index in [1.165, 1.54) is 0 Å². The summed E-state index contributed by atoms with van der Waals surface area (Å²) < 4.78 is 10.5. The van der Waals surface area contributed by atoms with Crippen molar-refractivity contribution >= 4 is 17.2 Å². The SMILES string of the molecule is CNc1nccc(N(Cc2ccc(OC)cc2)Cc2ccc(OC)cc2)c1[N+](=O)[O-]. The molecule has 8 heteroatoms. The summed E-state index contributed by atoms with van der Waals surface area (Å²) in [5.74, 6) is 1.74. The molecule has 0 unspecified atom stereocenters. The van der Waals surface area contributed by atoms with Gasteiger partial charge in [0.1, 0.15) is 17.2 Å². The molecule has 0 aliphatic rings. The van der Waals surface area contributed by atoms with Gasteiger partial charge in [0.05, 0.1) is 19.1 Å². The van der Waals surface area contributed by atoms with Gasteiger partial charge in [-0.2, -0.15) is 0 Å². The molecule has 0 saturated carbocycles. The predicted octanol–water partition coefficient (Wildman–Crippen LogP) is 4.26. The number of nitrogens with one attached hydrogen (secondary N) is 1. The van der Waals surface area contributed by atoms with Crippen molar-refractivity contribution in [2.45, 2.75) is 13.1 Å². The van der Waals surface area contributed by atoms with Crippen LogP contribution in [0, 0.1) is 10.1 Å². The van der Waals surface area contributed by atoms with Crippen LogP contribution in [0.4, 0.5) is 17.2 Å². The van der Waals surface area contributed by atoms with Crippen LogP contribution in [0.5, 0.6) is 11.5 Å². The number of methoxy groups -OCH3 is 2. The van der Waals surface area contributed by atoms with Crippen molar-refractivity contribution in [3.8, 4) is 11.5 Å². The average molecular weight is 408 g/mol. The van der Waals surface area contributed by atoms with Gasteiger partial charge in [-0.1, -0.05) is 24.3 Å². The van der Waals surface area contributed by atoms with E-state index in [1.54, 1.807) is 33.5 Å². The molecule has 0 saturated heterocycles. The molecule has 0 radical (unpaired) electrons. The Kier molecular flexibility index (Phi) is 6.69. The largest absolute Gasteiger partial charge is 0.497 e. The maximum absolute atomic E-state index is 11.8. The van der Waals surface area contributed by atoms with Crippen LogP contribution in [0.3, 0.4) is 0 Å². The molecule has 3 rings (SSSR count). The molecule has 8 nitrogen and oxygen atoms in total. The molecule has 1 heterocycles. The van der Waals surface area contributed by atoms with E-state index in [4.69, 9.17) is 9.47 Å². The van der Waals surface area contributed by atoms with Crippen LogP contribution >= 0.6 is 0 Å². The number of pyridine rings is 1. The Balaban J connectivity index is 2.00. The molecule has 1 N–H and O–H groups in total. The van der Waals surface area contributed by atoms with Gasteiger partial charge in [0, 0.05) is 26.3 Å². The van der Waals surface area contributed by atoms with Gasteiger partial charge in [-0.25, -0.2) is 4.98 Å². The second-order valence-corrected chi connectivity index (χ2v) is 6.59. The molecule has 0 amide bonds. The van der Waals surface area contributed by atoms with E-state index in [9.17, 15) is 10.1 Å². The number of hydrogen-bond acceptors (Lipinski definition) is 7. The number of nitrogens with zero attached hydrogens (tertiary/aromatic N) is 3. The van der Waals surface area contributed by atoms with Gasteiger partial charge in [0.2, 0.25) is 5.82 Å². The maximum Gasteiger partial charge on any atom is 0.334 e. The molecule has 156 valence electrons. The normalized spacial score (nSPS) is 10.4. The lowest BCUT2D eigenvalue weighted by Gasteiger charge is -2.25. The van der Waals surface area contributed by atoms with Crippen molar-refractivity contribution in [2.24, 2.45) is 0 Å². The first kappa shape index (κ1) is 20.9. The minimum atomic E-state index is -0.400. The first-order valence-corrected chi connectivity index (χ1v) is 9.37. The number of benzene rings is 2. The zero-order valence-electron chi connectivity index (χ0n) is 17.2. The Bertz CT molecular complexity index is 942. The van der Waals surface area contributed by atoms with Crippen LogP contribution in [0.25, 0.3) is 0 Å². The molecule has 0 atom stereocenters. The highest BCUT2D eigenvalue weighted by Crippen LogP contribution is 2.35. The zero-order valence-corrected chi connectivity index (χ0v) is 17.2. The number of ether oxygens (including phenoxy) is 2. The summed E-state index contributed by atoms with van der Waals surface area (Å²) in [5.41, 5.74) is 2.44. The fourth-order valence-corrected chi connectivity index (χ4v) is 3.19. The van der Waals surface area contributed by atoms with E-state index in [0.29, 0.717) is 18.8 Å². The lowest BCUT2D eigenvalue weighted by atomic mass is 10.1. The standard InChI is InChI=1S/C22H24N4O4/c1-23-22-21(26(27)28)20(12-13-24-22)25(14-16-4-8-18(29-2)9-5-16)15-17-6-10-19(30-3)11-7-17/h4-13H,14-15H2,1-3H3,(H,23,24). The van der Waals surface area contributed by atoms with Crippen molar-refractivity contribution in [2.75, 3.05) is 31.5 Å². The van der Waals surface area contributed by atoms with E-state index in [0.717, 1.165) is 22.6 Å². The summed E-state index contributed by atoms with van der Waals surface area (Å²) in [5, 5.41) is 14.7. The summed E-state index contributed by atoms with van der Waals surface area (Å²) >= 11 is 0. The van der Waals surface area contributed by atoms with Crippen molar-refractivity contribution in [1.29, 1.82) is 0 Å². The summed E-state index contributed by atoms with van der Waals surface area (Å²) in [4.78, 5) is 17.5. The van der Waals surface area contributed by atoms with Crippen molar-refractivity contribution in [3.05, 3.63) is 82.0 Å². The van der Waals surface area contributed by atoms with Crippen LogP contribution in [-0.2, 0) is 13.1 Å². The highest BCUT2D eigenvalue weighted by molar-refractivity contribution is 5.73. The smallest absolute Gasteiger partial charge is 0.334 e. The van der Waals surface area contributed by atoms with E-state index < -0.39 is 4.92 Å². The van der Waals surface area contributed by atoms with Gasteiger partial charge in [-0.3, -0.25) is 10.1 Å². The monoisotopic (exact) mass is 408 g/mol. The highest BCUT2D eigenvalue weighted by Gasteiger charge is 2.25. The zero-order chi connectivity index (χ0) is 21.5. The fraction of sp³-hybridized carbons (Fsp3) is 0.227. The number of nitro groups is 1. The van der Waals surface area contributed by atoms with Gasteiger partial charge >= 0.3 is 5.69 Å². The van der Waals surface area contributed by atoms with Gasteiger partial charge in [0.25, 0.3) is 0 Å². The lowest BCUT2D eigenvalue weighted by Crippen LogP contribution is -2.23. The summed E-state index contributed by atoms with van der Waals surface area (Å²) in [6, 6.07) is 17.0. The molecule has 2 aromatic carbocycles. The minimum Gasteiger partial charge on any atom is -0.497 e. The third-order valence-electron chi connectivity index (χ3n) is 4.73. The van der Waals surface area contributed by atoms with E-state index in [1.807, 2.05) is 53.4 Å². The highest BCUT2D eigenvalue weighted by atomic mass is 16.6. The molecular weight excluding hydrogens is 384 g/mol. The first-order valence-electron chi connectivity index (χ1n) is 9.37. The Morgan fingerprint density at radius 3 is 1.83 bits per heavy atom. The van der Waals surface area contributed by atoms with Crippen LogP contribution in [0.15, 0.2) is 60.8 Å².